The lowest BCUT2D eigenvalue weighted by atomic mass is 10.1. The molecule has 0 aliphatic carbocycles. The number of esters is 1. The van der Waals surface area contributed by atoms with Crippen molar-refractivity contribution in [2.45, 2.75) is 83.3 Å². The molecule has 3 N–H and O–H groups in total. The van der Waals surface area contributed by atoms with Gasteiger partial charge in [0.2, 0.25) is 0 Å². The van der Waals surface area contributed by atoms with Crippen LogP contribution in [0.4, 0.5) is 0 Å². The monoisotopic (exact) mass is 453 g/mol. The second-order valence-electron chi connectivity index (χ2n) is 7.13. The van der Waals surface area contributed by atoms with Crippen molar-refractivity contribution in [3.63, 3.8) is 0 Å². The summed E-state index contributed by atoms with van der Waals surface area (Å²) in [4.78, 5) is 23.0. The van der Waals surface area contributed by atoms with Crippen LogP contribution in [0.2, 0.25) is 0 Å². The Hall–Kier alpha value is -0.800. The number of ether oxygens (including phenoxy) is 1. The molecule has 3 atom stereocenters. The fourth-order valence-electron chi connectivity index (χ4n) is 2.37. The minimum Gasteiger partial charge on any atom is -0.756 e. The van der Waals surface area contributed by atoms with E-state index in [-0.39, 0.29) is 13.0 Å². The van der Waals surface area contributed by atoms with Crippen LogP contribution in [0.3, 0.4) is 0 Å². The SMILES string of the molecule is CCCCC=CCCCCCCCC(=O)OC[C@@H](O)COP(=O)([O-])OC[C@@H](O)CO. The van der Waals surface area contributed by atoms with Gasteiger partial charge >= 0.3 is 5.97 Å². The summed E-state index contributed by atoms with van der Waals surface area (Å²) in [6.07, 6.45) is 11.7. The smallest absolute Gasteiger partial charge is 0.305 e. The standard InChI is InChI=1S/C20H39O9P/c1-2-3-4-5-6-7-8-9-10-11-12-13-20(24)27-15-19(23)17-29-30(25,26)28-16-18(22)14-21/h5-6,18-19,21-23H,2-4,7-17H2,1H3,(H,25,26)/p-1/t18-,19+/m0/s1. The summed E-state index contributed by atoms with van der Waals surface area (Å²) in [5, 5.41) is 27.2. The highest BCUT2D eigenvalue weighted by Gasteiger charge is 2.16. The number of aliphatic hydroxyl groups excluding tert-OH is 3. The van der Waals surface area contributed by atoms with Gasteiger partial charge in [-0.3, -0.25) is 9.36 Å². The second-order valence-corrected chi connectivity index (χ2v) is 8.54. The molecule has 0 amide bonds. The van der Waals surface area contributed by atoms with Crippen LogP contribution in [0, 0.1) is 0 Å². The van der Waals surface area contributed by atoms with Crippen LogP contribution in [0.25, 0.3) is 0 Å². The predicted octanol–water partition coefficient (Wildman–Crippen LogP) is 2.22. The molecule has 1 unspecified atom stereocenters. The summed E-state index contributed by atoms with van der Waals surface area (Å²) in [5.41, 5.74) is 0. The number of aliphatic hydroxyl groups is 3. The molecule has 0 aromatic carbocycles. The van der Waals surface area contributed by atoms with E-state index in [4.69, 9.17) is 14.9 Å². The topological polar surface area (TPSA) is 146 Å². The zero-order valence-electron chi connectivity index (χ0n) is 17.9. The van der Waals surface area contributed by atoms with Gasteiger partial charge in [0.05, 0.1) is 19.8 Å². The van der Waals surface area contributed by atoms with Crippen molar-refractivity contribution in [3.8, 4) is 0 Å². The predicted molar refractivity (Wildman–Crippen MR) is 111 cm³/mol. The van der Waals surface area contributed by atoms with Crippen LogP contribution in [0.1, 0.15) is 71.1 Å². The first-order valence-electron chi connectivity index (χ1n) is 10.7. The van der Waals surface area contributed by atoms with Crippen molar-refractivity contribution in [2.75, 3.05) is 26.4 Å². The molecule has 0 aromatic heterocycles. The molecule has 0 rings (SSSR count). The van der Waals surface area contributed by atoms with E-state index in [1.54, 1.807) is 0 Å². The molecule has 0 radical (unpaired) electrons. The molecular formula is C20H38O9P-. The van der Waals surface area contributed by atoms with E-state index >= 15 is 0 Å². The van der Waals surface area contributed by atoms with Crippen molar-refractivity contribution >= 4 is 13.8 Å². The van der Waals surface area contributed by atoms with Gasteiger partial charge in [-0.05, 0) is 25.7 Å². The van der Waals surface area contributed by atoms with Crippen molar-refractivity contribution in [1.29, 1.82) is 0 Å². The van der Waals surface area contributed by atoms with Gasteiger partial charge in [-0.2, -0.15) is 0 Å². The summed E-state index contributed by atoms with van der Waals surface area (Å²) < 4.78 is 25.0. The van der Waals surface area contributed by atoms with E-state index in [9.17, 15) is 19.4 Å². The van der Waals surface area contributed by atoms with E-state index in [2.05, 4.69) is 28.1 Å². The zero-order valence-corrected chi connectivity index (χ0v) is 18.8. The van der Waals surface area contributed by atoms with Crippen LogP contribution in [0.5, 0.6) is 0 Å². The third kappa shape index (κ3) is 19.2. The van der Waals surface area contributed by atoms with E-state index in [1.807, 2.05) is 0 Å². The van der Waals surface area contributed by atoms with E-state index in [0.717, 1.165) is 38.5 Å². The lowest BCUT2D eigenvalue weighted by Crippen LogP contribution is -2.26. The largest absolute Gasteiger partial charge is 0.756 e. The summed E-state index contributed by atoms with van der Waals surface area (Å²) in [5.74, 6) is -0.458. The van der Waals surface area contributed by atoms with Crippen LogP contribution in [0.15, 0.2) is 12.2 Å². The maximum atomic E-state index is 11.6. The Kier molecular flexibility index (Phi) is 18.4. The fraction of sp³-hybridized carbons (Fsp3) is 0.850. The number of phosphoric acid groups is 1. The van der Waals surface area contributed by atoms with Crippen LogP contribution >= 0.6 is 7.82 Å². The first-order valence-corrected chi connectivity index (χ1v) is 12.1. The molecule has 0 aliphatic heterocycles. The number of unbranched alkanes of at least 4 members (excludes halogenated alkanes) is 7. The molecule has 9 nitrogen and oxygen atoms in total. The Morgan fingerprint density at radius 1 is 0.933 bits per heavy atom. The summed E-state index contributed by atoms with van der Waals surface area (Å²) in [6.45, 7) is -0.161. The van der Waals surface area contributed by atoms with Gasteiger partial charge in [-0.1, -0.05) is 51.2 Å². The third-order valence-electron chi connectivity index (χ3n) is 4.14. The number of hydrogen-bond acceptors (Lipinski definition) is 9. The van der Waals surface area contributed by atoms with E-state index in [1.165, 1.54) is 12.8 Å². The lowest BCUT2D eigenvalue weighted by molar-refractivity contribution is -0.229. The van der Waals surface area contributed by atoms with Crippen molar-refractivity contribution in [1.82, 2.24) is 0 Å². The Morgan fingerprint density at radius 3 is 2.13 bits per heavy atom. The highest BCUT2D eigenvalue weighted by molar-refractivity contribution is 7.45. The minimum atomic E-state index is -4.73. The number of carbonyl (C=O) groups is 1. The fourth-order valence-corrected chi connectivity index (χ4v) is 3.16. The molecule has 30 heavy (non-hydrogen) atoms. The van der Waals surface area contributed by atoms with Crippen molar-refractivity contribution in [2.24, 2.45) is 0 Å². The molecule has 0 heterocycles. The molecular weight excluding hydrogens is 415 g/mol. The Labute approximate surface area is 179 Å². The van der Waals surface area contributed by atoms with Gasteiger partial charge in [0.25, 0.3) is 7.82 Å². The molecule has 0 aromatic rings. The molecule has 178 valence electrons. The van der Waals surface area contributed by atoms with Crippen molar-refractivity contribution in [3.05, 3.63) is 12.2 Å². The zero-order chi connectivity index (χ0) is 22.7. The molecule has 0 aliphatic rings. The van der Waals surface area contributed by atoms with Crippen LogP contribution < -0.4 is 4.89 Å². The van der Waals surface area contributed by atoms with Gasteiger partial charge < -0.3 is 34.0 Å². The number of rotatable bonds is 20. The number of carbonyl (C=O) groups excluding carboxylic acids is 1. The highest BCUT2D eigenvalue weighted by atomic mass is 31.2. The summed E-state index contributed by atoms with van der Waals surface area (Å²) in [6, 6.07) is 0. The molecule has 0 fully saturated rings. The minimum absolute atomic E-state index is 0.243. The average molecular weight is 453 g/mol. The maximum Gasteiger partial charge on any atom is 0.305 e. The van der Waals surface area contributed by atoms with Crippen LogP contribution in [-0.4, -0.2) is 59.9 Å². The first kappa shape index (κ1) is 29.2. The lowest BCUT2D eigenvalue weighted by Gasteiger charge is -2.24. The Bertz CT molecular complexity index is 499. The third-order valence-corrected chi connectivity index (χ3v) is 5.07. The van der Waals surface area contributed by atoms with Gasteiger partial charge in [-0.15, -0.1) is 0 Å². The Balaban J connectivity index is 3.65. The first-order chi connectivity index (χ1) is 14.3. The molecule has 0 saturated heterocycles. The van der Waals surface area contributed by atoms with Gasteiger partial charge in [0, 0.05) is 6.42 Å². The number of allylic oxidation sites excluding steroid dienone is 2. The van der Waals surface area contributed by atoms with Gasteiger partial charge in [0.1, 0.15) is 18.8 Å². The van der Waals surface area contributed by atoms with Crippen molar-refractivity contribution < 1.29 is 43.4 Å². The highest BCUT2D eigenvalue weighted by Crippen LogP contribution is 2.38. The van der Waals surface area contributed by atoms with E-state index < -0.39 is 45.8 Å². The summed E-state index contributed by atoms with van der Waals surface area (Å²) >= 11 is 0. The molecule has 0 spiro atoms. The molecule has 0 saturated carbocycles. The maximum absolute atomic E-state index is 11.6. The number of phosphoric ester groups is 1. The van der Waals surface area contributed by atoms with Gasteiger partial charge in [-0.25, -0.2) is 0 Å². The second kappa shape index (κ2) is 18.9. The quantitative estimate of drug-likeness (QED) is 0.109. The molecule has 10 heteroatoms. The Morgan fingerprint density at radius 2 is 1.50 bits per heavy atom. The summed E-state index contributed by atoms with van der Waals surface area (Å²) in [7, 11) is -4.73. The number of hydrogen-bond donors (Lipinski definition) is 3. The average Bonchev–Trinajstić information content (AvgIpc) is 2.73. The molecule has 0 bridgehead atoms. The normalized spacial score (nSPS) is 15.8. The van der Waals surface area contributed by atoms with Crippen LogP contribution in [-0.2, 0) is 23.1 Å². The van der Waals surface area contributed by atoms with Gasteiger partial charge in [0.15, 0.2) is 0 Å². The van der Waals surface area contributed by atoms with E-state index in [0.29, 0.717) is 6.42 Å².